The summed E-state index contributed by atoms with van der Waals surface area (Å²) in [5.74, 6) is -2.35. The van der Waals surface area contributed by atoms with Crippen LogP contribution in [0.25, 0.3) is 6.08 Å². The fraction of sp³-hybridized carbons (Fsp3) is 0.105. The number of benzene rings is 2. The van der Waals surface area contributed by atoms with Crippen LogP contribution >= 0.6 is 11.6 Å². The van der Waals surface area contributed by atoms with E-state index in [9.17, 15) is 19.5 Å². The van der Waals surface area contributed by atoms with Crippen LogP contribution in [0.3, 0.4) is 0 Å². The van der Waals surface area contributed by atoms with Gasteiger partial charge in [0.15, 0.2) is 11.5 Å². The highest BCUT2D eigenvalue weighted by Crippen LogP contribution is 2.37. The van der Waals surface area contributed by atoms with Gasteiger partial charge < -0.3 is 19.4 Å². The van der Waals surface area contributed by atoms with Crippen molar-refractivity contribution in [3.8, 4) is 11.5 Å². The molecule has 3 rings (SSSR count). The maximum absolute atomic E-state index is 12.6. The second-order valence-corrected chi connectivity index (χ2v) is 6.08. The number of halogens is 1. The number of carbonyl (C=O) groups excluding carboxylic acids is 3. The molecule has 0 aromatic heterocycles. The third kappa shape index (κ3) is 3.91. The molecule has 2 amide bonds. The van der Waals surface area contributed by atoms with Crippen LogP contribution in [0, 0.1) is 0 Å². The molecule has 0 aliphatic carbocycles. The van der Waals surface area contributed by atoms with Crippen molar-refractivity contribution in [3.63, 3.8) is 0 Å². The van der Waals surface area contributed by atoms with Gasteiger partial charge >= 0.3 is 0 Å². The largest absolute Gasteiger partial charge is 0.546 e. The van der Waals surface area contributed by atoms with Gasteiger partial charge in [0.2, 0.25) is 0 Å². The number of anilines is 1. The highest BCUT2D eigenvalue weighted by Gasteiger charge is 2.34. The van der Waals surface area contributed by atoms with Gasteiger partial charge in [0.05, 0.1) is 23.8 Å². The lowest BCUT2D eigenvalue weighted by Gasteiger charge is -2.14. The fourth-order valence-electron chi connectivity index (χ4n) is 2.58. The van der Waals surface area contributed by atoms with Crippen molar-refractivity contribution in [2.24, 2.45) is 0 Å². The zero-order valence-corrected chi connectivity index (χ0v) is 15.4. The Morgan fingerprint density at radius 2 is 1.96 bits per heavy atom. The molecule has 28 heavy (non-hydrogen) atoms. The van der Waals surface area contributed by atoms with Crippen molar-refractivity contribution in [2.75, 3.05) is 18.7 Å². The van der Waals surface area contributed by atoms with Crippen molar-refractivity contribution in [3.05, 3.63) is 58.6 Å². The first-order chi connectivity index (χ1) is 13.4. The Kier molecular flexibility index (Phi) is 5.51. The fourth-order valence-corrected chi connectivity index (χ4v) is 2.85. The second-order valence-electron chi connectivity index (χ2n) is 5.67. The number of carbonyl (C=O) groups is 3. The number of hydrogen-bond donors (Lipinski definition) is 1. The summed E-state index contributed by atoms with van der Waals surface area (Å²) in [5.41, 5.74) is 3.32. The summed E-state index contributed by atoms with van der Waals surface area (Å²) in [6.07, 6.45) is 1.36. The number of aliphatic carboxylic acids is 1. The lowest BCUT2D eigenvalue weighted by Crippen LogP contribution is -2.35. The van der Waals surface area contributed by atoms with Crippen molar-refractivity contribution >= 4 is 41.1 Å². The second kappa shape index (κ2) is 8.01. The van der Waals surface area contributed by atoms with E-state index in [0.29, 0.717) is 11.3 Å². The van der Waals surface area contributed by atoms with Gasteiger partial charge in [-0.1, -0.05) is 29.8 Å². The summed E-state index contributed by atoms with van der Waals surface area (Å²) in [4.78, 5) is 35.5. The molecule has 1 N–H and O–H groups in total. The summed E-state index contributed by atoms with van der Waals surface area (Å²) < 4.78 is 10.2. The van der Waals surface area contributed by atoms with Crippen LogP contribution in [-0.4, -0.2) is 31.5 Å². The molecule has 0 atom stereocenters. The van der Waals surface area contributed by atoms with E-state index in [1.54, 1.807) is 30.3 Å². The Bertz CT molecular complexity index is 974. The van der Waals surface area contributed by atoms with Crippen LogP contribution in [0.5, 0.6) is 11.5 Å². The van der Waals surface area contributed by atoms with Crippen molar-refractivity contribution in [1.29, 1.82) is 0 Å². The van der Waals surface area contributed by atoms with Gasteiger partial charge in [-0.3, -0.25) is 15.0 Å². The molecule has 1 aliphatic rings. The van der Waals surface area contributed by atoms with Gasteiger partial charge in [0.1, 0.15) is 12.2 Å². The van der Waals surface area contributed by atoms with E-state index in [4.69, 9.17) is 21.1 Å². The molecule has 1 saturated heterocycles. The molecule has 144 valence electrons. The number of methoxy groups -OCH3 is 1. The average Bonchev–Trinajstić information content (AvgIpc) is 2.95. The molecular weight excluding hydrogens is 388 g/mol. The number of hydrogen-bond acceptors (Lipinski definition) is 6. The van der Waals surface area contributed by atoms with Gasteiger partial charge in [0, 0.05) is 0 Å². The molecule has 0 spiro atoms. The summed E-state index contributed by atoms with van der Waals surface area (Å²) >= 11 is 6.14. The highest BCUT2D eigenvalue weighted by atomic mass is 35.5. The zero-order valence-electron chi connectivity index (χ0n) is 14.6. The Morgan fingerprint density at radius 1 is 1.25 bits per heavy atom. The normalized spacial score (nSPS) is 14.9. The minimum Gasteiger partial charge on any atom is -0.546 e. The molecule has 0 bridgehead atoms. The van der Waals surface area contributed by atoms with E-state index < -0.39 is 24.4 Å². The van der Waals surface area contributed by atoms with E-state index in [2.05, 4.69) is 5.43 Å². The number of rotatable bonds is 6. The zero-order chi connectivity index (χ0) is 20.3. The number of nitrogens with one attached hydrogen (secondary N) is 1. The number of hydrazine groups is 1. The van der Waals surface area contributed by atoms with Gasteiger partial charge in [-0.15, -0.1) is 0 Å². The molecule has 1 heterocycles. The van der Waals surface area contributed by atoms with Crippen molar-refractivity contribution < 1.29 is 29.0 Å². The Labute approximate surface area is 164 Å². The van der Waals surface area contributed by atoms with Crippen LogP contribution in [0.4, 0.5) is 5.69 Å². The maximum atomic E-state index is 12.6. The molecule has 8 nitrogen and oxygen atoms in total. The first-order valence-electron chi connectivity index (χ1n) is 8.03. The molecule has 2 aromatic rings. The van der Waals surface area contributed by atoms with E-state index in [1.165, 1.54) is 25.3 Å². The predicted molar refractivity (Wildman–Crippen MR) is 98.6 cm³/mol. The summed E-state index contributed by atoms with van der Waals surface area (Å²) in [6, 6.07) is 11.5. The Morgan fingerprint density at radius 3 is 2.61 bits per heavy atom. The molecule has 1 aliphatic heterocycles. The smallest absolute Gasteiger partial charge is 0.282 e. The van der Waals surface area contributed by atoms with E-state index in [0.717, 1.165) is 5.01 Å². The van der Waals surface area contributed by atoms with E-state index >= 15 is 0 Å². The molecular formula is C19H14ClN2O6-. The minimum absolute atomic E-state index is 0.0172. The molecule has 9 heteroatoms. The molecule has 1 fully saturated rings. The third-order valence-electron chi connectivity index (χ3n) is 3.80. The molecule has 0 unspecified atom stereocenters. The van der Waals surface area contributed by atoms with Crippen LogP contribution in [0.1, 0.15) is 5.56 Å². The number of nitrogens with zero attached hydrogens (tertiary/aromatic N) is 1. The topological polar surface area (TPSA) is 108 Å². The van der Waals surface area contributed by atoms with E-state index in [1.807, 2.05) is 0 Å². The Balaban J connectivity index is 1.92. The lowest BCUT2D eigenvalue weighted by molar-refractivity contribution is -0.307. The molecule has 2 aromatic carbocycles. The lowest BCUT2D eigenvalue weighted by atomic mass is 10.1. The number of carboxylic acid groups (broad SMARTS) is 1. The maximum Gasteiger partial charge on any atom is 0.282 e. The average molecular weight is 402 g/mol. The summed E-state index contributed by atoms with van der Waals surface area (Å²) in [6.45, 7) is -0.705. The van der Waals surface area contributed by atoms with Crippen molar-refractivity contribution in [1.82, 2.24) is 5.43 Å². The third-order valence-corrected chi connectivity index (χ3v) is 4.08. The standard InChI is InChI=1S/C19H15ClN2O6/c1-27-15-9-11(8-14(20)17(15)28-10-16(23)24)7-13-18(25)21-22(19(13)26)12-5-3-2-4-6-12/h2-9H,10H2,1H3,(H,21,25)(H,23,24)/p-1/b13-7-. The highest BCUT2D eigenvalue weighted by molar-refractivity contribution is 6.33. The van der Waals surface area contributed by atoms with Crippen LogP contribution in [-0.2, 0) is 14.4 Å². The van der Waals surface area contributed by atoms with Gasteiger partial charge in [-0.2, -0.15) is 0 Å². The Hall–Kier alpha value is -3.52. The number of amides is 2. The van der Waals surface area contributed by atoms with Gasteiger partial charge in [0.25, 0.3) is 11.8 Å². The summed E-state index contributed by atoms with van der Waals surface area (Å²) in [5, 5.41) is 11.8. The quantitative estimate of drug-likeness (QED) is 0.570. The minimum atomic E-state index is -1.42. The van der Waals surface area contributed by atoms with E-state index in [-0.39, 0.29) is 22.1 Å². The van der Waals surface area contributed by atoms with Crippen LogP contribution in [0.15, 0.2) is 48.0 Å². The van der Waals surface area contributed by atoms with Crippen molar-refractivity contribution in [2.45, 2.75) is 0 Å². The molecule has 0 radical (unpaired) electrons. The first kappa shape index (κ1) is 19.2. The predicted octanol–water partition coefficient (Wildman–Crippen LogP) is 0.939. The van der Waals surface area contributed by atoms with Gasteiger partial charge in [-0.25, -0.2) is 5.01 Å². The first-order valence-corrected chi connectivity index (χ1v) is 8.41. The number of carboxylic acids is 1. The SMILES string of the molecule is COc1cc(/C=C2/C(=O)NN(c3ccccc3)C2=O)cc(Cl)c1OCC(=O)[O-]. The monoisotopic (exact) mass is 401 g/mol. The molecule has 0 saturated carbocycles. The number of para-hydroxylation sites is 1. The number of ether oxygens (including phenoxy) is 2. The van der Waals surface area contributed by atoms with Crippen LogP contribution in [0.2, 0.25) is 5.02 Å². The summed E-state index contributed by atoms with van der Waals surface area (Å²) in [7, 11) is 1.35. The van der Waals surface area contributed by atoms with Gasteiger partial charge in [-0.05, 0) is 35.9 Å². The van der Waals surface area contributed by atoms with Crippen LogP contribution < -0.4 is 25.0 Å².